The van der Waals surface area contributed by atoms with E-state index in [0.717, 1.165) is 54.2 Å². The van der Waals surface area contributed by atoms with Gasteiger partial charge < -0.3 is 10.4 Å². The van der Waals surface area contributed by atoms with E-state index >= 15 is 0 Å². The highest BCUT2D eigenvalue weighted by Gasteiger charge is 2.27. The van der Waals surface area contributed by atoms with Gasteiger partial charge in [-0.25, -0.2) is 9.67 Å². The zero-order valence-electron chi connectivity index (χ0n) is 21.2. The van der Waals surface area contributed by atoms with Gasteiger partial charge in [-0.3, -0.25) is 0 Å². The molecule has 2 N–H and O–H groups in total. The van der Waals surface area contributed by atoms with Crippen molar-refractivity contribution in [3.8, 4) is 22.7 Å². The Morgan fingerprint density at radius 2 is 1.62 bits per heavy atom. The van der Waals surface area contributed by atoms with E-state index in [1.165, 1.54) is 0 Å². The predicted molar refractivity (Wildman–Crippen MR) is 165 cm³/mol. The molecule has 2 aromatic heterocycles. The van der Waals surface area contributed by atoms with Crippen LogP contribution in [0.25, 0.3) is 37.9 Å². The van der Waals surface area contributed by atoms with Gasteiger partial charge in [0.15, 0.2) is 5.13 Å². The lowest BCUT2D eigenvalue weighted by molar-refractivity contribution is 0.468. The van der Waals surface area contributed by atoms with Gasteiger partial charge in [-0.2, -0.15) is 5.10 Å². The molecule has 2 heterocycles. The molecule has 0 radical (unpaired) electrons. The molecule has 5 nitrogen and oxygen atoms in total. The molecule has 0 aliphatic rings. The number of para-hydroxylation sites is 2. The number of hydrogen-bond donors (Lipinski definition) is 2. The van der Waals surface area contributed by atoms with Gasteiger partial charge in [-0.05, 0) is 53.2 Å². The van der Waals surface area contributed by atoms with Crippen LogP contribution in [0.2, 0.25) is 5.02 Å². The van der Waals surface area contributed by atoms with Crippen LogP contribution in [-0.2, 0) is 0 Å². The zero-order chi connectivity index (χ0) is 27.1. The number of phenols is 1. The number of phenolic OH excluding ortho intramolecular Hbond substituents is 1. The van der Waals surface area contributed by atoms with E-state index in [9.17, 15) is 5.11 Å². The van der Waals surface area contributed by atoms with Gasteiger partial charge in [0.05, 0.1) is 27.6 Å². The number of nitrogens with zero attached hydrogens (tertiary/aromatic N) is 3. The lowest BCUT2D eigenvalue weighted by Gasteiger charge is -2.22. The quantitative estimate of drug-likeness (QED) is 0.214. The van der Waals surface area contributed by atoms with Crippen LogP contribution in [0.4, 0.5) is 5.13 Å². The third-order valence-corrected chi connectivity index (χ3v) is 8.17. The van der Waals surface area contributed by atoms with Crippen LogP contribution in [0.15, 0.2) is 121 Å². The average Bonchev–Trinajstić information content (AvgIpc) is 3.61. The topological polar surface area (TPSA) is 63.0 Å². The molecular weight excluding hydrogens is 536 g/mol. The summed E-state index contributed by atoms with van der Waals surface area (Å²) in [5.41, 5.74) is 5.14. The normalized spacial score (nSPS) is 12.1. The van der Waals surface area contributed by atoms with Crippen molar-refractivity contribution < 1.29 is 5.11 Å². The number of nitrogens with one attached hydrogen (secondary N) is 1. The van der Waals surface area contributed by atoms with E-state index in [-0.39, 0.29) is 5.75 Å². The maximum absolute atomic E-state index is 11.4. The first-order valence-electron chi connectivity index (χ1n) is 12.9. The Bertz CT molecular complexity index is 1950. The largest absolute Gasteiger partial charge is 0.508 e. The number of rotatable bonds is 6. The van der Waals surface area contributed by atoms with E-state index in [1.54, 1.807) is 17.4 Å². The monoisotopic (exact) mass is 558 g/mol. The molecule has 0 amide bonds. The molecule has 5 aromatic carbocycles. The van der Waals surface area contributed by atoms with Crippen molar-refractivity contribution in [3.63, 3.8) is 0 Å². The molecule has 0 aliphatic carbocycles. The van der Waals surface area contributed by atoms with Gasteiger partial charge in [0.2, 0.25) is 0 Å². The highest BCUT2D eigenvalue weighted by molar-refractivity contribution is 7.22. The molecule has 40 heavy (non-hydrogen) atoms. The Morgan fingerprint density at radius 3 is 2.48 bits per heavy atom. The Kier molecular flexibility index (Phi) is 6.19. The molecule has 0 saturated heterocycles. The van der Waals surface area contributed by atoms with Gasteiger partial charge in [-0.15, -0.1) is 0 Å². The minimum Gasteiger partial charge on any atom is -0.508 e. The number of aromatic nitrogens is 3. The molecular formula is C33H23ClN4OS. The SMILES string of the molecule is Oc1ccc2ccccc2c1C(Nc1nc2ccccc2s1)c1cn(-c2ccccc2)nc1-c1cccc(Cl)c1. The predicted octanol–water partition coefficient (Wildman–Crippen LogP) is 8.86. The van der Waals surface area contributed by atoms with Gasteiger partial charge in [0.25, 0.3) is 0 Å². The minimum absolute atomic E-state index is 0.196. The first kappa shape index (κ1) is 24.4. The summed E-state index contributed by atoms with van der Waals surface area (Å²) in [6, 6.07) is 37.1. The van der Waals surface area contributed by atoms with Crippen molar-refractivity contribution in [2.75, 3.05) is 5.32 Å². The average molecular weight is 559 g/mol. The van der Waals surface area contributed by atoms with Crippen LogP contribution in [0, 0.1) is 0 Å². The highest BCUT2D eigenvalue weighted by atomic mass is 35.5. The Labute approximate surface area is 240 Å². The van der Waals surface area contributed by atoms with Crippen LogP contribution in [0.3, 0.4) is 0 Å². The summed E-state index contributed by atoms with van der Waals surface area (Å²) in [6.07, 6.45) is 2.03. The van der Waals surface area contributed by atoms with Gasteiger partial charge in [-0.1, -0.05) is 95.7 Å². The summed E-state index contributed by atoms with van der Waals surface area (Å²) in [7, 11) is 0. The Morgan fingerprint density at radius 1 is 0.825 bits per heavy atom. The number of hydrogen-bond acceptors (Lipinski definition) is 5. The van der Waals surface area contributed by atoms with Crippen LogP contribution in [-0.4, -0.2) is 19.9 Å². The number of anilines is 1. The second-order valence-electron chi connectivity index (χ2n) is 9.51. The molecule has 0 saturated carbocycles. The fraction of sp³-hybridized carbons (Fsp3) is 0.0303. The Balaban J connectivity index is 1.49. The summed E-state index contributed by atoms with van der Waals surface area (Å²) in [5.74, 6) is 0.196. The molecule has 1 unspecified atom stereocenters. The zero-order valence-corrected chi connectivity index (χ0v) is 22.8. The summed E-state index contributed by atoms with van der Waals surface area (Å²) in [4.78, 5) is 4.87. The van der Waals surface area contributed by atoms with Crippen LogP contribution < -0.4 is 5.32 Å². The maximum Gasteiger partial charge on any atom is 0.184 e. The number of halogens is 1. The molecule has 0 fully saturated rings. The number of benzene rings is 5. The second kappa shape index (κ2) is 10.2. The molecule has 1 atom stereocenters. The first-order chi connectivity index (χ1) is 19.6. The molecule has 0 bridgehead atoms. The standard InChI is InChI=1S/C33H23ClN4OS/c34-23-11-8-10-22(19-23)31-26(20-38(37-31)24-12-2-1-3-13-24)32(36-33-35-27-15-6-7-16-29(27)40-33)30-25-14-5-4-9-21(25)17-18-28(30)39/h1-20,32,39H,(H,35,36). The van der Waals surface area contributed by atoms with Crippen molar-refractivity contribution in [3.05, 3.63) is 138 Å². The fourth-order valence-corrected chi connectivity index (χ4v) is 6.21. The number of fused-ring (bicyclic) bond motifs is 2. The van der Waals surface area contributed by atoms with E-state index in [0.29, 0.717) is 5.02 Å². The van der Waals surface area contributed by atoms with Crippen molar-refractivity contribution in [1.29, 1.82) is 0 Å². The maximum atomic E-state index is 11.4. The number of aromatic hydroxyl groups is 1. The first-order valence-corrected chi connectivity index (χ1v) is 14.1. The van der Waals surface area contributed by atoms with E-state index in [4.69, 9.17) is 21.7 Å². The van der Waals surface area contributed by atoms with Gasteiger partial charge >= 0.3 is 0 Å². The second-order valence-corrected chi connectivity index (χ2v) is 11.0. The summed E-state index contributed by atoms with van der Waals surface area (Å²) in [6.45, 7) is 0. The van der Waals surface area contributed by atoms with Crippen molar-refractivity contribution in [2.45, 2.75) is 6.04 Å². The highest BCUT2D eigenvalue weighted by Crippen LogP contribution is 2.42. The lowest BCUT2D eigenvalue weighted by atomic mass is 9.91. The smallest absolute Gasteiger partial charge is 0.184 e. The van der Waals surface area contributed by atoms with Crippen molar-refractivity contribution >= 4 is 49.1 Å². The van der Waals surface area contributed by atoms with Gasteiger partial charge in [0.1, 0.15) is 5.75 Å². The van der Waals surface area contributed by atoms with Crippen molar-refractivity contribution in [2.24, 2.45) is 0 Å². The molecule has 7 rings (SSSR count). The van der Waals surface area contributed by atoms with Crippen LogP contribution in [0.5, 0.6) is 5.75 Å². The summed E-state index contributed by atoms with van der Waals surface area (Å²) < 4.78 is 2.96. The molecule has 7 heteroatoms. The molecule has 7 aromatic rings. The van der Waals surface area contributed by atoms with Gasteiger partial charge in [0, 0.05) is 27.9 Å². The third-order valence-electron chi connectivity index (χ3n) is 6.97. The number of thiazole rings is 1. The minimum atomic E-state index is -0.474. The van der Waals surface area contributed by atoms with Crippen LogP contribution in [0.1, 0.15) is 17.2 Å². The van der Waals surface area contributed by atoms with E-state index in [2.05, 4.69) is 17.4 Å². The lowest BCUT2D eigenvalue weighted by Crippen LogP contribution is -2.13. The van der Waals surface area contributed by atoms with Crippen LogP contribution >= 0.6 is 22.9 Å². The fourth-order valence-electron chi connectivity index (χ4n) is 5.12. The summed E-state index contributed by atoms with van der Waals surface area (Å²) in [5, 5.41) is 23.5. The summed E-state index contributed by atoms with van der Waals surface area (Å²) >= 11 is 8.03. The Hall–Kier alpha value is -4.65. The molecule has 194 valence electrons. The molecule has 0 aliphatic heterocycles. The van der Waals surface area contributed by atoms with E-state index in [1.807, 2.05) is 108 Å². The van der Waals surface area contributed by atoms with E-state index < -0.39 is 6.04 Å². The third kappa shape index (κ3) is 4.47. The molecule has 0 spiro atoms. The van der Waals surface area contributed by atoms with Crippen molar-refractivity contribution in [1.82, 2.24) is 14.8 Å².